The second kappa shape index (κ2) is 7.00. The number of amides is 1. The van der Waals surface area contributed by atoms with Crippen molar-refractivity contribution in [2.45, 2.75) is 13.5 Å². The zero-order valence-electron chi connectivity index (χ0n) is 13.6. The molecule has 0 spiro atoms. The zero-order valence-corrected chi connectivity index (χ0v) is 13.6. The summed E-state index contributed by atoms with van der Waals surface area (Å²) in [6.07, 6.45) is 1.36. The van der Waals surface area contributed by atoms with E-state index < -0.39 is 0 Å². The number of carbonyl (C=O) groups excluding carboxylic acids is 1. The van der Waals surface area contributed by atoms with Gasteiger partial charge in [-0.1, -0.05) is 35.9 Å². The summed E-state index contributed by atoms with van der Waals surface area (Å²) in [5, 5.41) is 12.0. The maximum Gasteiger partial charge on any atom is 0.254 e. The fourth-order valence-electron chi connectivity index (χ4n) is 2.37. The normalized spacial score (nSPS) is 10.4. The lowest BCUT2D eigenvalue weighted by molar-refractivity contribution is -0.116. The van der Waals surface area contributed by atoms with Gasteiger partial charge in [-0.3, -0.25) is 14.2 Å². The predicted molar refractivity (Wildman–Crippen MR) is 95.4 cm³/mol. The Morgan fingerprint density at radius 1 is 1.16 bits per heavy atom. The molecule has 0 aliphatic rings. The van der Waals surface area contributed by atoms with Gasteiger partial charge in [-0.05, 0) is 19.1 Å². The Kier molecular flexibility index (Phi) is 4.61. The van der Waals surface area contributed by atoms with Gasteiger partial charge in [0, 0.05) is 23.4 Å². The molecule has 0 bridgehead atoms. The quantitative estimate of drug-likeness (QED) is 0.767. The molecule has 3 rings (SSSR count). The molecular formula is C19H17N3O3. The minimum atomic E-state index is -0.377. The van der Waals surface area contributed by atoms with Crippen molar-refractivity contribution in [1.82, 2.24) is 9.55 Å². The Labute approximate surface area is 144 Å². The molecule has 25 heavy (non-hydrogen) atoms. The number of nitrogens with zero attached hydrogens (tertiary/aromatic N) is 2. The highest BCUT2D eigenvalue weighted by atomic mass is 16.3. The van der Waals surface area contributed by atoms with E-state index in [4.69, 9.17) is 0 Å². The van der Waals surface area contributed by atoms with E-state index in [2.05, 4.69) is 10.3 Å². The largest absolute Gasteiger partial charge is 0.508 e. The maximum atomic E-state index is 12.2. The Balaban J connectivity index is 1.74. The summed E-state index contributed by atoms with van der Waals surface area (Å²) in [4.78, 5) is 28.5. The topological polar surface area (TPSA) is 84.2 Å². The summed E-state index contributed by atoms with van der Waals surface area (Å²) in [7, 11) is 0. The lowest BCUT2D eigenvalue weighted by Crippen LogP contribution is -2.27. The van der Waals surface area contributed by atoms with Crippen molar-refractivity contribution < 1.29 is 9.90 Å². The average Bonchev–Trinajstić information content (AvgIpc) is 2.57. The summed E-state index contributed by atoms with van der Waals surface area (Å²) in [5.41, 5.74) is 2.69. The highest BCUT2D eigenvalue weighted by molar-refractivity contribution is 5.90. The van der Waals surface area contributed by atoms with Crippen molar-refractivity contribution in [2.24, 2.45) is 0 Å². The number of anilines is 1. The molecule has 0 atom stereocenters. The highest BCUT2D eigenvalue weighted by Gasteiger charge is 2.08. The van der Waals surface area contributed by atoms with Crippen LogP contribution in [0.4, 0.5) is 5.69 Å². The number of phenols is 1. The molecular weight excluding hydrogens is 318 g/mol. The number of phenolic OH excluding ortho intramolecular Hbond substituents is 1. The van der Waals surface area contributed by atoms with Crippen LogP contribution in [-0.2, 0) is 11.3 Å². The third-order valence-corrected chi connectivity index (χ3v) is 3.67. The maximum absolute atomic E-state index is 12.2. The van der Waals surface area contributed by atoms with Crippen molar-refractivity contribution in [1.29, 1.82) is 0 Å². The van der Waals surface area contributed by atoms with Crippen LogP contribution in [0.15, 0.2) is 65.7 Å². The van der Waals surface area contributed by atoms with Gasteiger partial charge in [0.2, 0.25) is 5.91 Å². The molecule has 6 nitrogen and oxygen atoms in total. The molecule has 3 aromatic rings. The zero-order chi connectivity index (χ0) is 17.8. The second-order valence-electron chi connectivity index (χ2n) is 5.70. The number of rotatable bonds is 4. The van der Waals surface area contributed by atoms with Gasteiger partial charge in [-0.15, -0.1) is 0 Å². The fraction of sp³-hybridized carbons (Fsp3) is 0.105. The number of aromatic hydroxyl groups is 1. The molecule has 2 aromatic carbocycles. The van der Waals surface area contributed by atoms with Gasteiger partial charge >= 0.3 is 0 Å². The second-order valence-corrected chi connectivity index (χ2v) is 5.70. The van der Waals surface area contributed by atoms with Crippen molar-refractivity contribution >= 4 is 11.6 Å². The third kappa shape index (κ3) is 4.11. The molecule has 0 radical (unpaired) electrons. The minimum Gasteiger partial charge on any atom is -0.508 e. The number of hydrogen-bond donors (Lipinski definition) is 2. The lowest BCUT2D eigenvalue weighted by Gasteiger charge is -2.08. The number of benzene rings is 2. The summed E-state index contributed by atoms with van der Waals surface area (Å²) in [6, 6.07) is 15.3. The molecule has 0 aliphatic carbocycles. The molecule has 0 saturated carbocycles. The first kappa shape index (κ1) is 16.4. The fourth-order valence-corrected chi connectivity index (χ4v) is 2.37. The smallest absolute Gasteiger partial charge is 0.254 e. The van der Waals surface area contributed by atoms with E-state index in [0.29, 0.717) is 11.4 Å². The van der Waals surface area contributed by atoms with Crippen LogP contribution in [0, 0.1) is 6.92 Å². The first-order chi connectivity index (χ1) is 12.0. The van der Waals surface area contributed by atoms with Crippen LogP contribution in [-0.4, -0.2) is 20.6 Å². The lowest BCUT2D eigenvalue weighted by atomic mass is 10.1. The van der Waals surface area contributed by atoms with Gasteiger partial charge in [0.15, 0.2) is 0 Å². The summed E-state index contributed by atoms with van der Waals surface area (Å²) < 4.78 is 1.23. The van der Waals surface area contributed by atoms with Gasteiger partial charge in [-0.2, -0.15) is 0 Å². The molecule has 0 saturated heterocycles. The van der Waals surface area contributed by atoms with Gasteiger partial charge < -0.3 is 10.4 Å². The third-order valence-electron chi connectivity index (χ3n) is 3.67. The Morgan fingerprint density at radius 3 is 2.60 bits per heavy atom. The first-order valence-corrected chi connectivity index (χ1v) is 7.74. The molecule has 2 N–H and O–H groups in total. The Morgan fingerprint density at radius 2 is 1.92 bits per heavy atom. The summed E-state index contributed by atoms with van der Waals surface area (Å²) >= 11 is 0. The van der Waals surface area contributed by atoms with Crippen molar-refractivity contribution in [3.8, 4) is 17.0 Å². The number of nitrogens with one attached hydrogen (secondary N) is 1. The van der Waals surface area contributed by atoms with Crippen LogP contribution in [0.25, 0.3) is 11.3 Å². The molecule has 1 aromatic heterocycles. The van der Waals surface area contributed by atoms with Crippen LogP contribution in [0.3, 0.4) is 0 Å². The highest BCUT2D eigenvalue weighted by Crippen LogP contribution is 2.16. The summed E-state index contributed by atoms with van der Waals surface area (Å²) in [6.45, 7) is 1.83. The number of carbonyl (C=O) groups is 1. The van der Waals surface area contributed by atoms with E-state index >= 15 is 0 Å². The molecule has 6 heteroatoms. The molecule has 126 valence electrons. The number of aryl methyl sites for hydroxylation is 1. The van der Waals surface area contributed by atoms with Gasteiger partial charge in [-0.25, -0.2) is 4.98 Å². The van der Waals surface area contributed by atoms with Crippen molar-refractivity contribution in [2.75, 3.05) is 5.32 Å². The van der Waals surface area contributed by atoms with Crippen LogP contribution in [0.2, 0.25) is 0 Å². The molecule has 0 aliphatic heterocycles. The van der Waals surface area contributed by atoms with E-state index in [0.717, 1.165) is 11.1 Å². The van der Waals surface area contributed by atoms with Gasteiger partial charge in [0.25, 0.3) is 5.56 Å². The van der Waals surface area contributed by atoms with E-state index in [-0.39, 0.29) is 23.8 Å². The average molecular weight is 335 g/mol. The van der Waals surface area contributed by atoms with Crippen molar-refractivity contribution in [3.63, 3.8) is 0 Å². The summed E-state index contributed by atoms with van der Waals surface area (Å²) in [5.74, 6) is -0.323. The standard InChI is InChI=1S/C19H17N3O3/c1-13-5-7-14(8-6-13)17-10-19(25)22(12-20-17)11-18(24)21-15-3-2-4-16(23)9-15/h2-10,12,23H,11H2,1H3,(H,21,24). The van der Waals surface area contributed by atoms with E-state index in [9.17, 15) is 14.7 Å². The van der Waals surface area contributed by atoms with E-state index in [1.54, 1.807) is 12.1 Å². The van der Waals surface area contributed by atoms with Crippen LogP contribution >= 0.6 is 0 Å². The van der Waals surface area contributed by atoms with Gasteiger partial charge in [0.05, 0.1) is 12.0 Å². The van der Waals surface area contributed by atoms with Crippen LogP contribution in [0.5, 0.6) is 5.75 Å². The Hall–Kier alpha value is -3.41. The number of aromatic nitrogens is 2. The van der Waals surface area contributed by atoms with E-state index in [1.807, 2.05) is 31.2 Å². The minimum absolute atomic E-state index is 0.0547. The van der Waals surface area contributed by atoms with Crippen LogP contribution < -0.4 is 10.9 Å². The van der Waals surface area contributed by atoms with Gasteiger partial charge in [0.1, 0.15) is 12.3 Å². The molecule has 0 unspecified atom stereocenters. The molecule has 1 amide bonds. The van der Waals surface area contributed by atoms with Crippen molar-refractivity contribution in [3.05, 3.63) is 76.8 Å². The van der Waals surface area contributed by atoms with E-state index in [1.165, 1.54) is 29.1 Å². The molecule has 1 heterocycles. The number of hydrogen-bond acceptors (Lipinski definition) is 4. The molecule has 0 fully saturated rings. The first-order valence-electron chi connectivity index (χ1n) is 7.74. The SMILES string of the molecule is Cc1ccc(-c2cc(=O)n(CC(=O)Nc3cccc(O)c3)cn2)cc1. The predicted octanol–water partition coefficient (Wildman–Crippen LogP) is 2.56. The monoisotopic (exact) mass is 335 g/mol. The van der Waals surface area contributed by atoms with Crippen LogP contribution in [0.1, 0.15) is 5.56 Å². The Bertz CT molecular complexity index is 962.